The molecular formula is C12H18N. The Bertz CT molecular complexity index is 276. The van der Waals surface area contributed by atoms with Gasteiger partial charge in [-0.15, -0.1) is 0 Å². The zero-order chi connectivity index (χ0) is 9.84. The lowest BCUT2D eigenvalue weighted by Crippen LogP contribution is -2.11. The molecular weight excluding hydrogens is 158 g/mol. The molecule has 0 amide bonds. The van der Waals surface area contributed by atoms with Crippen molar-refractivity contribution in [2.45, 2.75) is 19.8 Å². The number of hydrogen-bond acceptors (Lipinski definition) is 1. The molecule has 0 N–H and O–H groups in total. The SMILES string of the molecule is [CH2]Cc1ccc(CC)c(N(C)C)c1. The minimum atomic E-state index is 0.866. The fourth-order valence-corrected chi connectivity index (χ4v) is 1.48. The van der Waals surface area contributed by atoms with Crippen molar-refractivity contribution in [3.63, 3.8) is 0 Å². The topological polar surface area (TPSA) is 3.24 Å². The van der Waals surface area contributed by atoms with E-state index in [-0.39, 0.29) is 0 Å². The van der Waals surface area contributed by atoms with Gasteiger partial charge in [0.1, 0.15) is 0 Å². The van der Waals surface area contributed by atoms with E-state index < -0.39 is 0 Å². The Kier molecular flexibility index (Phi) is 3.35. The highest BCUT2D eigenvalue weighted by atomic mass is 15.1. The molecule has 0 aromatic heterocycles. The Morgan fingerprint density at radius 3 is 2.46 bits per heavy atom. The van der Waals surface area contributed by atoms with Crippen LogP contribution in [0.5, 0.6) is 0 Å². The smallest absolute Gasteiger partial charge is 0.0396 e. The summed E-state index contributed by atoms with van der Waals surface area (Å²) in [5.74, 6) is 0. The van der Waals surface area contributed by atoms with Crippen molar-refractivity contribution in [1.29, 1.82) is 0 Å². The van der Waals surface area contributed by atoms with Gasteiger partial charge < -0.3 is 4.90 Å². The van der Waals surface area contributed by atoms with E-state index in [4.69, 9.17) is 0 Å². The first-order valence-corrected chi connectivity index (χ1v) is 4.77. The van der Waals surface area contributed by atoms with Gasteiger partial charge in [0.2, 0.25) is 0 Å². The minimum absolute atomic E-state index is 0.866. The summed E-state index contributed by atoms with van der Waals surface area (Å²) in [6.07, 6.45) is 1.95. The van der Waals surface area contributed by atoms with Gasteiger partial charge in [-0.3, -0.25) is 0 Å². The zero-order valence-corrected chi connectivity index (χ0v) is 8.80. The summed E-state index contributed by atoms with van der Waals surface area (Å²) in [5, 5.41) is 0. The Hall–Kier alpha value is -0.980. The number of aryl methyl sites for hydroxylation is 1. The summed E-state index contributed by atoms with van der Waals surface area (Å²) in [7, 11) is 4.17. The summed E-state index contributed by atoms with van der Waals surface area (Å²) in [4.78, 5) is 2.16. The molecule has 0 fully saturated rings. The van der Waals surface area contributed by atoms with Crippen LogP contribution < -0.4 is 4.90 Å². The summed E-state index contributed by atoms with van der Waals surface area (Å²) in [5.41, 5.74) is 4.03. The third-order valence-electron chi connectivity index (χ3n) is 2.30. The van der Waals surface area contributed by atoms with E-state index in [1.54, 1.807) is 0 Å². The van der Waals surface area contributed by atoms with Crippen LogP contribution in [0.3, 0.4) is 0 Å². The van der Waals surface area contributed by atoms with Crippen LogP contribution in [-0.2, 0) is 12.8 Å². The van der Waals surface area contributed by atoms with Crippen molar-refractivity contribution >= 4 is 5.69 Å². The first-order valence-electron chi connectivity index (χ1n) is 4.77. The lowest BCUT2D eigenvalue weighted by molar-refractivity contribution is 1.05. The van der Waals surface area contributed by atoms with Crippen molar-refractivity contribution in [2.75, 3.05) is 19.0 Å². The monoisotopic (exact) mass is 176 g/mol. The molecule has 0 spiro atoms. The molecule has 1 aromatic rings. The molecule has 13 heavy (non-hydrogen) atoms. The second kappa shape index (κ2) is 4.31. The van der Waals surface area contributed by atoms with E-state index >= 15 is 0 Å². The Morgan fingerprint density at radius 2 is 2.00 bits per heavy atom. The standard InChI is InChI=1S/C12H18N/c1-5-10-7-8-11(6-2)12(9-10)13(3)4/h7-9H,1,5-6H2,2-4H3. The first-order chi connectivity index (χ1) is 6.19. The molecule has 0 saturated carbocycles. The Balaban J connectivity index is 3.10. The molecule has 0 bridgehead atoms. The Labute approximate surface area is 81.4 Å². The van der Waals surface area contributed by atoms with Gasteiger partial charge in [0.15, 0.2) is 0 Å². The second-order valence-electron chi connectivity index (χ2n) is 3.46. The van der Waals surface area contributed by atoms with Gasteiger partial charge in [-0.25, -0.2) is 0 Å². The van der Waals surface area contributed by atoms with Crippen LogP contribution in [0.2, 0.25) is 0 Å². The summed E-state index contributed by atoms with van der Waals surface area (Å²) < 4.78 is 0. The summed E-state index contributed by atoms with van der Waals surface area (Å²) >= 11 is 0. The van der Waals surface area contributed by atoms with E-state index in [1.807, 2.05) is 0 Å². The highest BCUT2D eigenvalue weighted by molar-refractivity contribution is 5.54. The van der Waals surface area contributed by atoms with Gasteiger partial charge in [-0.2, -0.15) is 0 Å². The zero-order valence-electron chi connectivity index (χ0n) is 8.80. The molecule has 0 saturated heterocycles. The molecule has 1 aromatic carbocycles. The average Bonchev–Trinajstić information content (AvgIpc) is 2.16. The molecule has 71 valence electrons. The van der Waals surface area contributed by atoms with Crippen molar-refractivity contribution < 1.29 is 0 Å². The van der Waals surface area contributed by atoms with Gasteiger partial charge in [0, 0.05) is 19.8 Å². The predicted molar refractivity (Wildman–Crippen MR) is 59.2 cm³/mol. The van der Waals surface area contributed by atoms with Gasteiger partial charge >= 0.3 is 0 Å². The van der Waals surface area contributed by atoms with Gasteiger partial charge in [0.25, 0.3) is 0 Å². The van der Waals surface area contributed by atoms with Crippen LogP contribution in [0.25, 0.3) is 0 Å². The number of hydrogen-bond donors (Lipinski definition) is 0. The third kappa shape index (κ3) is 2.24. The van der Waals surface area contributed by atoms with Crippen molar-refractivity contribution in [3.05, 3.63) is 36.2 Å². The molecule has 0 aliphatic heterocycles. The molecule has 0 atom stereocenters. The predicted octanol–water partition coefficient (Wildman–Crippen LogP) is 2.69. The van der Waals surface area contributed by atoms with E-state index in [9.17, 15) is 0 Å². The third-order valence-corrected chi connectivity index (χ3v) is 2.30. The number of benzene rings is 1. The minimum Gasteiger partial charge on any atom is -0.377 e. The Morgan fingerprint density at radius 1 is 1.31 bits per heavy atom. The van der Waals surface area contributed by atoms with E-state index in [2.05, 4.69) is 51.0 Å². The maximum Gasteiger partial charge on any atom is 0.0396 e. The lowest BCUT2D eigenvalue weighted by atomic mass is 10.0. The highest BCUT2D eigenvalue weighted by Crippen LogP contribution is 2.21. The van der Waals surface area contributed by atoms with Crippen LogP contribution in [0, 0.1) is 6.92 Å². The highest BCUT2D eigenvalue weighted by Gasteiger charge is 2.02. The lowest BCUT2D eigenvalue weighted by Gasteiger charge is -2.17. The van der Waals surface area contributed by atoms with Crippen LogP contribution in [0.4, 0.5) is 5.69 Å². The van der Waals surface area contributed by atoms with Crippen molar-refractivity contribution in [1.82, 2.24) is 0 Å². The molecule has 1 nitrogen and oxygen atoms in total. The maximum atomic E-state index is 3.89. The van der Waals surface area contributed by atoms with Crippen LogP contribution in [0.15, 0.2) is 18.2 Å². The average molecular weight is 176 g/mol. The fraction of sp³-hybridized carbons (Fsp3) is 0.417. The maximum absolute atomic E-state index is 3.89. The van der Waals surface area contributed by atoms with Crippen LogP contribution in [0.1, 0.15) is 18.1 Å². The number of anilines is 1. The van der Waals surface area contributed by atoms with Crippen molar-refractivity contribution in [2.24, 2.45) is 0 Å². The van der Waals surface area contributed by atoms with E-state index in [1.165, 1.54) is 16.8 Å². The van der Waals surface area contributed by atoms with Crippen LogP contribution in [-0.4, -0.2) is 14.1 Å². The molecule has 1 rings (SSSR count). The fourth-order valence-electron chi connectivity index (χ4n) is 1.48. The van der Waals surface area contributed by atoms with E-state index in [0.717, 1.165) is 12.8 Å². The summed E-state index contributed by atoms with van der Waals surface area (Å²) in [6.45, 7) is 6.08. The first kappa shape index (κ1) is 10.1. The molecule has 0 aliphatic carbocycles. The quantitative estimate of drug-likeness (QED) is 0.684. The van der Waals surface area contributed by atoms with Gasteiger partial charge in [-0.1, -0.05) is 19.1 Å². The van der Waals surface area contributed by atoms with Crippen molar-refractivity contribution in [3.8, 4) is 0 Å². The summed E-state index contributed by atoms with van der Waals surface area (Å²) in [6, 6.07) is 6.60. The largest absolute Gasteiger partial charge is 0.377 e. The molecule has 0 aliphatic rings. The molecule has 0 heterocycles. The normalized spacial score (nSPS) is 10.2. The molecule has 1 heteroatoms. The molecule has 0 unspecified atom stereocenters. The van der Waals surface area contributed by atoms with E-state index in [0.29, 0.717) is 0 Å². The molecule has 1 radical (unpaired) electrons. The second-order valence-corrected chi connectivity index (χ2v) is 3.46. The van der Waals surface area contributed by atoms with Gasteiger partial charge in [-0.05, 0) is 37.0 Å². The number of nitrogens with zero attached hydrogens (tertiary/aromatic N) is 1. The number of rotatable bonds is 3. The van der Waals surface area contributed by atoms with Crippen LogP contribution >= 0.6 is 0 Å². The van der Waals surface area contributed by atoms with Gasteiger partial charge in [0.05, 0.1) is 0 Å².